The highest BCUT2D eigenvalue weighted by molar-refractivity contribution is 6.14. The van der Waals surface area contributed by atoms with Gasteiger partial charge in [0.05, 0.1) is 0 Å². The average Bonchev–Trinajstić information content (AvgIpc) is 2.67. The van der Waals surface area contributed by atoms with E-state index in [9.17, 15) is 4.39 Å². The van der Waals surface area contributed by atoms with Crippen LogP contribution in [0.1, 0.15) is 5.56 Å². The first-order chi connectivity index (χ1) is 12.3. The minimum Gasteiger partial charge on any atom is -0.481 e. The molecule has 0 bridgehead atoms. The molecule has 3 aromatic carbocycles. The van der Waals surface area contributed by atoms with Crippen molar-refractivity contribution in [3.8, 4) is 17.6 Å². The highest BCUT2D eigenvalue weighted by Crippen LogP contribution is 2.18. The molecule has 0 unspecified atom stereocenters. The molecule has 0 aliphatic rings. The molecular weight excluding hydrogens is 313 g/mol. The van der Waals surface area contributed by atoms with E-state index >= 15 is 0 Å². The number of halogens is 1. The van der Waals surface area contributed by atoms with E-state index in [4.69, 9.17) is 4.74 Å². The van der Waals surface area contributed by atoms with E-state index in [-0.39, 0.29) is 18.1 Å². The van der Waals surface area contributed by atoms with Crippen molar-refractivity contribution in [2.45, 2.75) is 0 Å². The number of para-hydroxylation sites is 2. The van der Waals surface area contributed by atoms with Crippen LogP contribution >= 0.6 is 0 Å². The van der Waals surface area contributed by atoms with Crippen LogP contribution in [0.5, 0.6) is 5.75 Å². The highest BCUT2D eigenvalue weighted by Gasteiger charge is 2.03. The molecular formula is C22H16FNO. The van der Waals surface area contributed by atoms with Gasteiger partial charge in [0.15, 0.2) is 0 Å². The van der Waals surface area contributed by atoms with Crippen molar-refractivity contribution < 1.29 is 9.13 Å². The summed E-state index contributed by atoms with van der Waals surface area (Å²) in [6.07, 6.45) is 0. The maximum absolute atomic E-state index is 13.9. The van der Waals surface area contributed by atoms with Gasteiger partial charge in [0, 0.05) is 5.56 Å². The molecule has 0 radical (unpaired) electrons. The second-order valence-corrected chi connectivity index (χ2v) is 5.18. The predicted octanol–water partition coefficient (Wildman–Crippen LogP) is 5.03. The van der Waals surface area contributed by atoms with Crippen LogP contribution in [0, 0.1) is 17.7 Å². The Morgan fingerprint density at radius 3 is 2.20 bits per heavy atom. The van der Waals surface area contributed by atoms with E-state index < -0.39 is 0 Å². The fraction of sp³-hybridized carbons (Fsp3) is 0.0455. The summed E-state index contributed by atoms with van der Waals surface area (Å²) in [7, 11) is 0. The topological polar surface area (TPSA) is 21.6 Å². The summed E-state index contributed by atoms with van der Waals surface area (Å²) in [5.74, 6) is 6.31. The van der Waals surface area contributed by atoms with Crippen molar-refractivity contribution in [2.24, 2.45) is 4.99 Å². The quantitative estimate of drug-likeness (QED) is 0.486. The second kappa shape index (κ2) is 8.47. The molecule has 0 saturated carbocycles. The van der Waals surface area contributed by atoms with Gasteiger partial charge in [-0.25, -0.2) is 9.38 Å². The van der Waals surface area contributed by atoms with E-state index in [0.717, 1.165) is 11.3 Å². The van der Waals surface area contributed by atoms with Gasteiger partial charge in [0.1, 0.15) is 29.6 Å². The summed E-state index contributed by atoms with van der Waals surface area (Å²) < 4.78 is 19.5. The van der Waals surface area contributed by atoms with Gasteiger partial charge in [0.25, 0.3) is 0 Å². The molecule has 0 amide bonds. The molecule has 0 atom stereocenters. The summed E-state index contributed by atoms with van der Waals surface area (Å²) in [5, 5.41) is 0. The van der Waals surface area contributed by atoms with Crippen molar-refractivity contribution in [2.75, 3.05) is 6.61 Å². The van der Waals surface area contributed by atoms with Crippen LogP contribution in [-0.4, -0.2) is 12.3 Å². The first-order valence-electron chi connectivity index (χ1n) is 7.88. The van der Waals surface area contributed by atoms with Crippen LogP contribution < -0.4 is 4.74 Å². The zero-order chi connectivity index (χ0) is 17.3. The molecule has 0 spiro atoms. The first kappa shape index (κ1) is 16.5. The van der Waals surface area contributed by atoms with Gasteiger partial charge in [-0.2, -0.15) is 0 Å². The van der Waals surface area contributed by atoms with Crippen LogP contribution in [0.4, 0.5) is 10.1 Å². The van der Waals surface area contributed by atoms with Gasteiger partial charge in [-0.3, -0.25) is 0 Å². The Labute approximate surface area is 146 Å². The number of hydrogen-bond donors (Lipinski definition) is 0. The Bertz CT molecular complexity index is 909. The van der Waals surface area contributed by atoms with Crippen molar-refractivity contribution >= 4 is 11.4 Å². The molecule has 3 rings (SSSR count). The molecule has 0 fully saturated rings. The lowest BCUT2D eigenvalue weighted by atomic mass is 10.1. The Morgan fingerprint density at radius 2 is 1.48 bits per heavy atom. The lowest BCUT2D eigenvalue weighted by Crippen LogP contribution is -1.99. The molecule has 0 saturated heterocycles. The van der Waals surface area contributed by atoms with Crippen LogP contribution in [0.15, 0.2) is 89.9 Å². The first-order valence-corrected chi connectivity index (χ1v) is 7.88. The van der Waals surface area contributed by atoms with E-state index in [0.29, 0.717) is 5.71 Å². The Kier molecular flexibility index (Phi) is 5.58. The predicted molar refractivity (Wildman–Crippen MR) is 98.8 cm³/mol. The molecule has 0 heterocycles. The average molecular weight is 329 g/mol. The monoisotopic (exact) mass is 329 g/mol. The smallest absolute Gasteiger partial charge is 0.149 e. The van der Waals surface area contributed by atoms with Crippen LogP contribution in [0.2, 0.25) is 0 Å². The van der Waals surface area contributed by atoms with Crippen LogP contribution in [0.25, 0.3) is 0 Å². The minimum absolute atomic E-state index is 0.229. The van der Waals surface area contributed by atoms with Crippen LogP contribution in [-0.2, 0) is 0 Å². The third kappa shape index (κ3) is 4.79. The minimum atomic E-state index is -0.377. The molecule has 25 heavy (non-hydrogen) atoms. The molecule has 0 aliphatic heterocycles. The molecule has 0 aromatic heterocycles. The van der Waals surface area contributed by atoms with Gasteiger partial charge in [0.2, 0.25) is 0 Å². The number of ether oxygens (including phenoxy) is 1. The van der Waals surface area contributed by atoms with E-state index in [1.165, 1.54) is 6.07 Å². The van der Waals surface area contributed by atoms with Crippen molar-refractivity contribution in [3.05, 3.63) is 96.3 Å². The van der Waals surface area contributed by atoms with Crippen molar-refractivity contribution in [1.82, 2.24) is 0 Å². The SMILES string of the molecule is Fc1ccccc1N=C(C#CCOc1ccccc1)c1ccccc1. The zero-order valence-electron chi connectivity index (χ0n) is 13.5. The summed E-state index contributed by atoms with van der Waals surface area (Å²) in [5.41, 5.74) is 1.60. The zero-order valence-corrected chi connectivity index (χ0v) is 13.5. The number of aliphatic imine (C=N–C) groups is 1. The van der Waals surface area contributed by atoms with Crippen molar-refractivity contribution in [1.29, 1.82) is 0 Å². The van der Waals surface area contributed by atoms with Crippen LogP contribution in [0.3, 0.4) is 0 Å². The lowest BCUT2D eigenvalue weighted by Gasteiger charge is -2.02. The van der Waals surface area contributed by atoms with E-state index in [1.54, 1.807) is 18.2 Å². The van der Waals surface area contributed by atoms with Gasteiger partial charge in [-0.1, -0.05) is 66.6 Å². The molecule has 3 heteroatoms. The molecule has 0 aliphatic carbocycles. The molecule has 0 N–H and O–H groups in total. The third-order valence-electron chi connectivity index (χ3n) is 3.39. The molecule has 2 nitrogen and oxygen atoms in total. The molecule has 122 valence electrons. The number of hydrogen-bond acceptors (Lipinski definition) is 2. The third-order valence-corrected chi connectivity index (χ3v) is 3.39. The maximum atomic E-state index is 13.9. The largest absolute Gasteiger partial charge is 0.481 e. The van der Waals surface area contributed by atoms with Gasteiger partial charge in [-0.15, -0.1) is 0 Å². The Morgan fingerprint density at radius 1 is 0.840 bits per heavy atom. The summed E-state index contributed by atoms with van der Waals surface area (Å²) in [6, 6.07) is 25.3. The summed E-state index contributed by atoms with van der Waals surface area (Å²) >= 11 is 0. The number of rotatable bonds is 4. The Hall–Kier alpha value is -3.38. The lowest BCUT2D eigenvalue weighted by molar-refractivity contribution is 0.370. The summed E-state index contributed by atoms with van der Waals surface area (Å²) in [4.78, 5) is 4.39. The standard InChI is InChI=1S/C22H16FNO/c23-20-14-7-8-15-22(20)24-21(18-10-3-1-4-11-18)16-9-17-25-19-12-5-2-6-13-19/h1-8,10-15H,17H2. The van der Waals surface area contributed by atoms with Gasteiger partial charge < -0.3 is 4.74 Å². The molecule has 3 aromatic rings. The fourth-order valence-corrected chi connectivity index (χ4v) is 2.18. The van der Waals surface area contributed by atoms with E-state index in [2.05, 4.69) is 16.8 Å². The second-order valence-electron chi connectivity index (χ2n) is 5.18. The van der Waals surface area contributed by atoms with Gasteiger partial charge in [-0.05, 0) is 30.2 Å². The number of benzene rings is 3. The van der Waals surface area contributed by atoms with Gasteiger partial charge >= 0.3 is 0 Å². The van der Waals surface area contributed by atoms with E-state index in [1.807, 2.05) is 60.7 Å². The van der Waals surface area contributed by atoms with Crippen molar-refractivity contribution in [3.63, 3.8) is 0 Å². The Balaban J connectivity index is 1.83. The fourth-order valence-electron chi connectivity index (χ4n) is 2.18. The summed E-state index contributed by atoms with van der Waals surface area (Å²) in [6.45, 7) is 0.229. The normalized spacial score (nSPS) is 10.7. The maximum Gasteiger partial charge on any atom is 0.149 e. The number of nitrogens with zero attached hydrogens (tertiary/aromatic N) is 1. The highest BCUT2D eigenvalue weighted by atomic mass is 19.1.